The Balaban J connectivity index is 1.51. The lowest BCUT2D eigenvalue weighted by atomic mass is 9.90. The molecule has 1 unspecified atom stereocenters. The zero-order chi connectivity index (χ0) is 18.3. The Bertz CT molecular complexity index is 908. The maximum Gasteiger partial charge on any atom is 0.312 e. The van der Waals surface area contributed by atoms with Gasteiger partial charge in [0.2, 0.25) is 5.91 Å². The third-order valence-corrected chi connectivity index (χ3v) is 5.07. The number of hydrogen-bond acceptors (Lipinski definition) is 3. The van der Waals surface area contributed by atoms with Crippen molar-refractivity contribution >= 4 is 17.8 Å². The van der Waals surface area contributed by atoms with Gasteiger partial charge in [0.1, 0.15) is 6.54 Å². The van der Waals surface area contributed by atoms with Crippen LogP contribution in [-0.4, -0.2) is 45.8 Å². The van der Waals surface area contributed by atoms with Gasteiger partial charge in [-0.1, -0.05) is 42.5 Å². The second kappa shape index (κ2) is 6.29. The average molecular weight is 350 g/mol. The molecule has 2 amide bonds. The Morgan fingerprint density at radius 3 is 2.42 bits per heavy atom. The first-order valence-corrected chi connectivity index (χ1v) is 8.50. The summed E-state index contributed by atoms with van der Waals surface area (Å²) in [7, 11) is 0. The second-order valence-electron chi connectivity index (χ2n) is 6.68. The Morgan fingerprint density at radius 1 is 1.00 bits per heavy atom. The minimum atomic E-state index is -0.945. The SMILES string of the molecule is O=C(O)C1CN(C(=O)CN2Cc3ccccc3C2=O)Cc2ccccc21. The fourth-order valence-electron chi connectivity index (χ4n) is 3.71. The highest BCUT2D eigenvalue weighted by molar-refractivity contribution is 6.00. The van der Waals surface area contributed by atoms with Gasteiger partial charge in [-0.3, -0.25) is 14.4 Å². The molecular formula is C20H18N2O4. The van der Waals surface area contributed by atoms with Crippen molar-refractivity contribution in [2.45, 2.75) is 19.0 Å². The first kappa shape index (κ1) is 16.3. The van der Waals surface area contributed by atoms with Gasteiger partial charge in [-0.15, -0.1) is 0 Å². The molecule has 26 heavy (non-hydrogen) atoms. The van der Waals surface area contributed by atoms with Gasteiger partial charge < -0.3 is 14.9 Å². The summed E-state index contributed by atoms with van der Waals surface area (Å²) in [5, 5.41) is 9.53. The molecule has 1 N–H and O–H groups in total. The second-order valence-corrected chi connectivity index (χ2v) is 6.68. The summed E-state index contributed by atoms with van der Waals surface area (Å²) in [5.41, 5.74) is 3.15. The van der Waals surface area contributed by atoms with E-state index in [0.717, 1.165) is 16.7 Å². The molecule has 0 aliphatic carbocycles. The van der Waals surface area contributed by atoms with Gasteiger partial charge in [0.15, 0.2) is 0 Å². The van der Waals surface area contributed by atoms with Crippen molar-refractivity contribution in [3.8, 4) is 0 Å². The molecule has 0 saturated carbocycles. The molecule has 2 heterocycles. The van der Waals surface area contributed by atoms with Crippen LogP contribution in [0.5, 0.6) is 0 Å². The van der Waals surface area contributed by atoms with Gasteiger partial charge in [-0.05, 0) is 22.8 Å². The summed E-state index contributed by atoms with van der Waals surface area (Å²) < 4.78 is 0. The molecule has 2 aliphatic rings. The Labute approximate surface area is 150 Å². The van der Waals surface area contributed by atoms with E-state index < -0.39 is 11.9 Å². The van der Waals surface area contributed by atoms with Crippen LogP contribution in [0.3, 0.4) is 0 Å². The molecule has 0 saturated heterocycles. The van der Waals surface area contributed by atoms with E-state index in [-0.39, 0.29) is 24.9 Å². The maximum atomic E-state index is 12.8. The minimum Gasteiger partial charge on any atom is -0.481 e. The molecular weight excluding hydrogens is 332 g/mol. The highest BCUT2D eigenvalue weighted by atomic mass is 16.4. The number of carboxylic acids is 1. The predicted molar refractivity (Wildman–Crippen MR) is 93.4 cm³/mol. The van der Waals surface area contributed by atoms with Crippen molar-refractivity contribution < 1.29 is 19.5 Å². The molecule has 0 aromatic heterocycles. The highest BCUT2D eigenvalue weighted by Crippen LogP contribution is 2.29. The third kappa shape index (κ3) is 2.73. The van der Waals surface area contributed by atoms with Crippen molar-refractivity contribution in [2.75, 3.05) is 13.1 Å². The van der Waals surface area contributed by atoms with E-state index in [1.165, 1.54) is 9.80 Å². The van der Waals surface area contributed by atoms with Gasteiger partial charge in [0, 0.05) is 25.2 Å². The van der Waals surface area contributed by atoms with E-state index in [9.17, 15) is 19.5 Å². The number of hydrogen-bond donors (Lipinski definition) is 1. The largest absolute Gasteiger partial charge is 0.481 e. The number of carbonyl (C=O) groups excluding carboxylic acids is 2. The van der Waals surface area contributed by atoms with Crippen LogP contribution >= 0.6 is 0 Å². The van der Waals surface area contributed by atoms with Gasteiger partial charge in [0.25, 0.3) is 5.91 Å². The summed E-state index contributed by atoms with van der Waals surface area (Å²) in [5.74, 6) is -2.07. The van der Waals surface area contributed by atoms with Crippen molar-refractivity contribution in [2.24, 2.45) is 0 Å². The van der Waals surface area contributed by atoms with Crippen molar-refractivity contribution in [1.29, 1.82) is 0 Å². The van der Waals surface area contributed by atoms with Crippen molar-refractivity contribution in [3.05, 3.63) is 70.8 Å². The van der Waals surface area contributed by atoms with E-state index in [1.807, 2.05) is 30.3 Å². The monoisotopic (exact) mass is 350 g/mol. The molecule has 2 aromatic carbocycles. The number of amides is 2. The maximum absolute atomic E-state index is 12.8. The first-order valence-electron chi connectivity index (χ1n) is 8.50. The molecule has 0 spiro atoms. The van der Waals surface area contributed by atoms with Crippen LogP contribution in [0.4, 0.5) is 0 Å². The topological polar surface area (TPSA) is 77.9 Å². The van der Waals surface area contributed by atoms with Crippen LogP contribution in [0.15, 0.2) is 48.5 Å². The fourth-order valence-corrected chi connectivity index (χ4v) is 3.71. The molecule has 2 aliphatic heterocycles. The van der Waals surface area contributed by atoms with Crippen molar-refractivity contribution in [3.63, 3.8) is 0 Å². The van der Waals surface area contributed by atoms with Crippen LogP contribution < -0.4 is 0 Å². The third-order valence-electron chi connectivity index (χ3n) is 5.07. The summed E-state index contributed by atoms with van der Waals surface area (Å²) in [6.07, 6.45) is 0. The zero-order valence-corrected chi connectivity index (χ0v) is 14.1. The number of benzene rings is 2. The van der Waals surface area contributed by atoms with E-state index in [4.69, 9.17) is 0 Å². The summed E-state index contributed by atoms with van der Waals surface area (Å²) in [6, 6.07) is 14.6. The number of aliphatic carboxylic acids is 1. The molecule has 2 aromatic rings. The molecule has 0 fully saturated rings. The Kier molecular flexibility index (Phi) is 3.95. The van der Waals surface area contributed by atoms with Gasteiger partial charge >= 0.3 is 5.97 Å². The quantitative estimate of drug-likeness (QED) is 0.916. The van der Waals surface area contributed by atoms with Crippen molar-refractivity contribution in [1.82, 2.24) is 9.80 Å². The predicted octanol–water partition coefficient (Wildman–Crippen LogP) is 1.85. The normalized spacial score (nSPS) is 18.5. The molecule has 6 heteroatoms. The smallest absolute Gasteiger partial charge is 0.312 e. The molecule has 132 valence electrons. The van der Waals surface area contributed by atoms with Crippen LogP contribution in [0.25, 0.3) is 0 Å². The van der Waals surface area contributed by atoms with E-state index >= 15 is 0 Å². The lowest BCUT2D eigenvalue weighted by Crippen LogP contribution is -2.45. The summed E-state index contributed by atoms with van der Waals surface area (Å²) >= 11 is 0. The van der Waals surface area contributed by atoms with Crippen LogP contribution in [0, 0.1) is 0 Å². The fraction of sp³-hybridized carbons (Fsp3) is 0.250. The number of carbonyl (C=O) groups is 3. The van der Waals surface area contributed by atoms with Gasteiger partial charge in [-0.2, -0.15) is 0 Å². The number of carboxylic acid groups (broad SMARTS) is 1. The molecule has 6 nitrogen and oxygen atoms in total. The van der Waals surface area contributed by atoms with Gasteiger partial charge in [0.05, 0.1) is 5.92 Å². The highest BCUT2D eigenvalue weighted by Gasteiger charge is 2.34. The summed E-state index contributed by atoms with van der Waals surface area (Å²) in [4.78, 5) is 39.9. The zero-order valence-electron chi connectivity index (χ0n) is 14.1. The van der Waals surface area contributed by atoms with E-state index in [1.54, 1.807) is 18.2 Å². The van der Waals surface area contributed by atoms with Gasteiger partial charge in [-0.25, -0.2) is 0 Å². The van der Waals surface area contributed by atoms with Crippen LogP contribution in [0.2, 0.25) is 0 Å². The Hall–Kier alpha value is -3.15. The molecule has 0 bridgehead atoms. The van der Waals surface area contributed by atoms with Crippen LogP contribution in [-0.2, 0) is 22.7 Å². The average Bonchev–Trinajstić information content (AvgIpc) is 2.96. The standard InChI is InChI=1S/C20H18N2O4/c23-18(12-22-10-14-6-2-4-8-16(14)19(22)24)21-9-13-5-1-3-7-15(13)17(11-21)20(25)26/h1-8,17H,9-12H2,(H,25,26). The molecule has 4 rings (SSSR count). The van der Waals surface area contributed by atoms with E-state index in [0.29, 0.717) is 18.7 Å². The lowest BCUT2D eigenvalue weighted by molar-refractivity contribution is -0.141. The van der Waals surface area contributed by atoms with Crippen LogP contribution in [0.1, 0.15) is 33.0 Å². The molecule has 0 radical (unpaired) electrons. The number of rotatable bonds is 3. The number of nitrogens with zero attached hydrogens (tertiary/aromatic N) is 2. The lowest BCUT2D eigenvalue weighted by Gasteiger charge is -2.33. The minimum absolute atomic E-state index is 0.0397. The first-order chi connectivity index (χ1) is 12.5. The Morgan fingerprint density at radius 2 is 1.69 bits per heavy atom. The summed E-state index contributed by atoms with van der Waals surface area (Å²) in [6.45, 7) is 0.865. The molecule has 1 atom stereocenters. The van der Waals surface area contributed by atoms with E-state index in [2.05, 4.69) is 0 Å². The number of fused-ring (bicyclic) bond motifs is 2.